The largest absolute Gasteiger partial charge is 0.417 e. The lowest BCUT2D eigenvalue weighted by molar-refractivity contribution is -0.138. The second-order valence-corrected chi connectivity index (χ2v) is 3.26. The Morgan fingerprint density at radius 1 is 1.33 bits per heavy atom. The van der Waals surface area contributed by atoms with Crippen LogP contribution in [0.4, 0.5) is 13.2 Å². The summed E-state index contributed by atoms with van der Waals surface area (Å²) in [7, 11) is 0. The highest BCUT2D eigenvalue weighted by atomic mass is 19.4. The van der Waals surface area contributed by atoms with E-state index in [1.807, 2.05) is 6.92 Å². The lowest BCUT2D eigenvalue weighted by atomic mass is 9.97. The van der Waals surface area contributed by atoms with Gasteiger partial charge in [-0.3, -0.25) is 0 Å². The minimum absolute atomic E-state index is 0.0356. The molecule has 0 saturated carbocycles. The van der Waals surface area contributed by atoms with Crippen molar-refractivity contribution in [2.75, 3.05) is 0 Å². The van der Waals surface area contributed by atoms with Crippen LogP contribution in [0.2, 0.25) is 0 Å². The molecular weight excluding hydrogens is 201 g/mol. The molecule has 0 unspecified atom stereocenters. The van der Waals surface area contributed by atoms with Gasteiger partial charge in [0.25, 0.3) is 0 Å². The Balaban J connectivity index is 3.33. The minimum Gasteiger partial charge on any atom is -0.166 e. The van der Waals surface area contributed by atoms with Gasteiger partial charge in [0.05, 0.1) is 5.56 Å². The third kappa shape index (κ3) is 2.61. The van der Waals surface area contributed by atoms with Gasteiger partial charge >= 0.3 is 6.18 Å². The summed E-state index contributed by atoms with van der Waals surface area (Å²) in [6.07, 6.45) is -0.891. The Bertz CT molecular complexity index is 350. The highest BCUT2D eigenvalue weighted by Gasteiger charge is 2.34. The Labute approximate surface area is 87.4 Å². The van der Waals surface area contributed by atoms with E-state index in [1.54, 1.807) is 6.07 Å². The van der Waals surface area contributed by atoms with E-state index in [1.165, 1.54) is 12.1 Å². The summed E-state index contributed by atoms with van der Waals surface area (Å²) in [5.41, 5.74) is -0.242. The fraction of sp³-hybridized carbons (Fsp3) is 0.333. The molecule has 0 aliphatic heterocycles. The second kappa shape index (κ2) is 4.51. The lowest BCUT2D eigenvalue weighted by Crippen LogP contribution is -2.11. The van der Waals surface area contributed by atoms with Gasteiger partial charge < -0.3 is 0 Å². The first-order valence-corrected chi connectivity index (χ1v) is 4.73. The zero-order valence-electron chi connectivity index (χ0n) is 8.49. The van der Waals surface area contributed by atoms with E-state index in [0.717, 1.165) is 0 Å². The summed E-state index contributed by atoms with van der Waals surface area (Å²) in [6, 6.07) is 4.50. The molecule has 1 aromatic rings. The average molecular weight is 213 g/mol. The molecule has 0 saturated heterocycles. The molecule has 81 valence electrons. The van der Waals surface area contributed by atoms with Crippen LogP contribution in [0.25, 0.3) is 0 Å². The van der Waals surface area contributed by atoms with Crippen molar-refractivity contribution in [2.24, 2.45) is 0 Å². The molecule has 0 fully saturated rings. The Morgan fingerprint density at radius 3 is 2.47 bits per heavy atom. The molecule has 0 N–H and O–H groups in total. The molecule has 3 heteroatoms. The summed E-state index contributed by atoms with van der Waals surface area (Å²) in [5, 5.41) is 0. The van der Waals surface area contributed by atoms with Crippen molar-refractivity contribution in [3.8, 4) is 0 Å². The van der Waals surface area contributed by atoms with Crippen LogP contribution in [0.5, 0.6) is 0 Å². The van der Waals surface area contributed by atoms with Crippen molar-refractivity contribution in [1.82, 2.24) is 0 Å². The molecular formula is C12H12F3. The van der Waals surface area contributed by atoms with Gasteiger partial charge in [0.2, 0.25) is 0 Å². The summed E-state index contributed by atoms with van der Waals surface area (Å²) in [4.78, 5) is 0. The van der Waals surface area contributed by atoms with Crippen molar-refractivity contribution < 1.29 is 13.2 Å². The number of aryl methyl sites for hydroxylation is 1. The third-order valence-corrected chi connectivity index (χ3v) is 2.14. The predicted octanol–water partition coefficient (Wildman–Crippen LogP) is 4.00. The first-order chi connectivity index (χ1) is 7.00. The van der Waals surface area contributed by atoms with E-state index >= 15 is 0 Å². The zero-order chi connectivity index (χ0) is 11.5. The van der Waals surface area contributed by atoms with Crippen molar-refractivity contribution in [2.45, 2.75) is 25.9 Å². The normalized spacial score (nSPS) is 11.5. The monoisotopic (exact) mass is 213 g/mol. The maximum absolute atomic E-state index is 12.8. The fourth-order valence-electron chi connectivity index (χ4n) is 1.56. The standard InChI is InChI=1S/C12H12F3/c1-3-6-10-8-5-7-9(4-2)11(10)12(13,14)15/h5,7-8H,2-3,6H2,1H3. The molecule has 0 atom stereocenters. The summed E-state index contributed by atoms with van der Waals surface area (Å²) in [6.45, 7) is 5.13. The molecule has 0 aromatic heterocycles. The van der Waals surface area contributed by atoms with Crippen LogP contribution >= 0.6 is 0 Å². The second-order valence-electron chi connectivity index (χ2n) is 3.26. The topological polar surface area (TPSA) is 0 Å². The fourth-order valence-corrected chi connectivity index (χ4v) is 1.56. The molecule has 0 aliphatic carbocycles. The third-order valence-electron chi connectivity index (χ3n) is 2.14. The maximum atomic E-state index is 12.8. The predicted molar refractivity (Wildman–Crippen MR) is 53.4 cm³/mol. The van der Waals surface area contributed by atoms with E-state index in [2.05, 4.69) is 12.7 Å². The number of rotatable bonds is 3. The Hall–Kier alpha value is -1.25. The molecule has 0 aliphatic rings. The zero-order valence-corrected chi connectivity index (χ0v) is 8.49. The molecule has 0 nitrogen and oxygen atoms in total. The van der Waals surface area contributed by atoms with E-state index in [0.29, 0.717) is 18.4 Å². The van der Waals surface area contributed by atoms with Gasteiger partial charge in [-0.05, 0) is 23.6 Å². The van der Waals surface area contributed by atoms with Gasteiger partial charge in [-0.15, -0.1) is 0 Å². The quantitative estimate of drug-likeness (QED) is 0.712. The molecule has 0 amide bonds. The van der Waals surface area contributed by atoms with Crippen LogP contribution in [0.15, 0.2) is 24.8 Å². The highest BCUT2D eigenvalue weighted by molar-refractivity contribution is 5.40. The summed E-state index contributed by atoms with van der Waals surface area (Å²) < 4.78 is 38.3. The first kappa shape index (κ1) is 11.8. The van der Waals surface area contributed by atoms with Gasteiger partial charge in [0.15, 0.2) is 0 Å². The van der Waals surface area contributed by atoms with Crippen LogP contribution < -0.4 is 0 Å². The van der Waals surface area contributed by atoms with E-state index in [-0.39, 0.29) is 5.56 Å². The van der Waals surface area contributed by atoms with Gasteiger partial charge in [-0.2, -0.15) is 13.2 Å². The number of benzene rings is 1. The molecule has 1 radical (unpaired) electrons. The smallest absolute Gasteiger partial charge is 0.166 e. The molecule has 0 spiro atoms. The van der Waals surface area contributed by atoms with Crippen LogP contribution in [0.3, 0.4) is 0 Å². The number of hydrogen-bond donors (Lipinski definition) is 0. The van der Waals surface area contributed by atoms with Gasteiger partial charge in [0, 0.05) is 0 Å². The SMILES string of the molecule is C=[C]c1cccc(CCC)c1C(F)(F)F. The minimum atomic E-state index is -4.33. The molecule has 0 bridgehead atoms. The van der Waals surface area contributed by atoms with Crippen molar-refractivity contribution in [3.63, 3.8) is 0 Å². The van der Waals surface area contributed by atoms with Crippen LogP contribution in [0.1, 0.15) is 30.0 Å². The Kier molecular flexibility index (Phi) is 3.56. The van der Waals surface area contributed by atoms with Crippen molar-refractivity contribution in [3.05, 3.63) is 47.5 Å². The van der Waals surface area contributed by atoms with Crippen LogP contribution in [-0.2, 0) is 12.6 Å². The summed E-state index contributed by atoms with van der Waals surface area (Å²) >= 11 is 0. The number of alkyl halides is 3. The molecule has 0 heterocycles. The van der Waals surface area contributed by atoms with Gasteiger partial charge in [-0.25, -0.2) is 0 Å². The maximum Gasteiger partial charge on any atom is 0.417 e. The van der Waals surface area contributed by atoms with E-state index in [4.69, 9.17) is 0 Å². The summed E-state index contributed by atoms with van der Waals surface area (Å²) in [5.74, 6) is 0. The van der Waals surface area contributed by atoms with Gasteiger partial charge in [0.1, 0.15) is 0 Å². The molecule has 1 aromatic carbocycles. The molecule has 1 rings (SSSR count). The number of halogens is 3. The highest BCUT2D eigenvalue weighted by Crippen LogP contribution is 2.35. The number of hydrogen-bond acceptors (Lipinski definition) is 0. The molecule has 15 heavy (non-hydrogen) atoms. The van der Waals surface area contributed by atoms with E-state index in [9.17, 15) is 13.2 Å². The van der Waals surface area contributed by atoms with Crippen LogP contribution in [-0.4, -0.2) is 0 Å². The Morgan fingerprint density at radius 2 is 2.00 bits per heavy atom. The average Bonchev–Trinajstić information content (AvgIpc) is 2.16. The van der Waals surface area contributed by atoms with Crippen molar-refractivity contribution in [1.29, 1.82) is 0 Å². The van der Waals surface area contributed by atoms with Crippen molar-refractivity contribution >= 4 is 0 Å². The van der Waals surface area contributed by atoms with Gasteiger partial charge in [-0.1, -0.05) is 38.1 Å². The van der Waals surface area contributed by atoms with Crippen LogP contribution in [0, 0.1) is 6.08 Å². The van der Waals surface area contributed by atoms with E-state index < -0.39 is 11.7 Å². The first-order valence-electron chi connectivity index (χ1n) is 4.73. The lowest BCUT2D eigenvalue weighted by Gasteiger charge is -2.14.